The molecule has 1 saturated carbocycles. The summed E-state index contributed by atoms with van der Waals surface area (Å²) in [4.78, 5) is 0. The number of rotatable bonds is 2. The van der Waals surface area contributed by atoms with E-state index in [-0.39, 0.29) is 0 Å². The third-order valence-corrected chi connectivity index (χ3v) is 4.23. The number of benzene rings is 1. The molecule has 3 rings (SSSR count). The van der Waals surface area contributed by atoms with E-state index in [1.165, 1.54) is 24.0 Å². The molecule has 1 fully saturated rings. The third kappa shape index (κ3) is 1.08. The van der Waals surface area contributed by atoms with Gasteiger partial charge in [-0.25, -0.2) is 0 Å². The number of nitrogens with two attached hydrogens (primary N) is 1. The molecule has 15 heavy (non-hydrogen) atoms. The molecule has 2 aliphatic carbocycles. The molecule has 0 heterocycles. The molecule has 0 aromatic heterocycles. The molecule has 2 N–H and O–H groups in total. The summed E-state index contributed by atoms with van der Waals surface area (Å²) in [6, 6.07) is 6.44. The number of fused-ring (bicyclic) bond motifs is 2. The van der Waals surface area contributed by atoms with Gasteiger partial charge in [0, 0.05) is 5.41 Å². The fourth-order valence-corrected chi connectivity index (χ4v) is 3.29. The van der Waals surface area contributed by atoms with Crippen molar-refractivity contribution in [2.24, 2.45) is 11.7 Å². The lowest BCUT2D eigenvalue weighted by Gasteiger charge is -2.12. The molecular formula is C13H17NO. The summed E-state index contributed by atoms with van der Waals surface area (Å²) in [6.45, 7) is 0.830. The molecule has 1 aromatic carbocycles. The predicted octanol–water partition coefficient (Wildman–Crippen LogP) is 1.86. The molecule has 0 aliphatic heterocycles. The van der Waals surface area contributed by atoms with Crippen LogP contribution in [-0.4, -0.2) is 13.7 Å². The highest BCUT2D eigenvalue weighted by molar-refractivity contribution is 5.51. The van der Waals surface area contributed by atoms with Gasteiger partial charge in [-0.3, -0.25) is 0 Å². The molecule has 0 amide bonds. The molecule has 80 valence electrons. The summed E-state index contributed by atoms with van der Waals surface area (Å²) in [5.41, 5.74) is 9.15. The van der Waals surface area contributed by atoms with Crippen LogP contribution in [0.5, 0.6) is 5.75 Å². The van der Waals surface area contributed by atoms with Gasteiger partial charge in [0.25, 0.3) is 0 Å². The van der Waals surface area contributed by atoms with Gasteiger partial charge in [-0.2, -0.15) is 0 Å². The zero-order valence-electron chi connectivity index (χ0n) is 9.12. The molecule has 1 aromatic rings. The van der Waals surface area contributed by atoms with Crippen LogP contribution in [-0.2, 0) is 11.8 Å². The van der Waals surface area contributed by atoms with E-state index < -0.39 is 0 Å². The van der Waals surface area contributed by atoms with Crippen LogP contribution >= 0.6 is 0 Å². The first-order chi connectivity index (χ1) is 7.31. The summed E-state index contributed by atoms with van der Waals surface area (Å²) < 4.78 is 5.42. The van der Waals surface area contributed by atoms with Crippen molar-refractivity contribution < 1.29 is 4.74 Å². The number of hydrogen-bond acceptors (Lipinski definition) is 2. The van der Waals surface area contributed by atoms with Gasteiger partial charge < -0.3 is 10.5 Å². The maximum atomic E-state index is 5.78. The van der Waals surface area contributed by atoms with Crippen LogP contribution in [0.4, 0.5) is 0 Å². The second kappa shape index (κ2) is 2.99. The summed E-state index contributed by atoms with van der Waals surface area (Å²) >= 11 is 0. The zero-order chi connectivity index (χ0) is 10.5. The van der Waals surface area contributed by atoms with Gasteiger partial charge in [-0.15, -0.1) is 0 Å². The van der Waals surface area contributed by atoms with Crippen molar-refractivity contribution in [1.82, 2.24) is 0 Å². The Balaban J connectivity index is 2.05. The third-order valence-electron chi connectivity index (χ3n) is 4.23. The van der Waals surface area contributed by atoms with E-state index in [4.69, 9.17) is 10.5 Å². The van der Waals surface area contributed by atoms with Crippen molar-refractivity contribution in [1.29, 1.82) is 0 Å². The first-order valence-corrected chi connectivity index (χ1v) is 5.68. The van der Waals surface area contributed by atoms with Crippen LogP contribution in [0, 0.1) is 5.92 Å². The quantitative estimate of drug-likeness (QED) is 0.796. The van der Waals surface area contributed by atoms with Crippen LogP contribution in [0.2, 0.25) is 0 Å². The molecule has 2 unspecified atom stereocenters. The fourth-order valence-electron chi connectivity index (χ4n) is 3.29. The van der Waals surface area contributed by atoms with Crippen molar-refractivity contribution in [2.45, 2.75) is 24.7 Å². The molecule has 1 spiro atoms. The van der Waals surface area contributed by atoms with Gasteiger partial charge in [0.05, 0.1) is 7.11 Å². The summed E-state index contributed by atoms with van der Waals surface area (Å²) in [6.07, 6.45) is 3.71. The van der Waals surface area contributed by atoms with Crippen molar-refractivity contribution in [3.05, 3.63) is 29.3 Å². The standard InChI is InChI=1S/C13H17NO/c1-15-12-4-2-3-11-10(12)5-6-13(11)7-9(13)8-14/h2-4,9H,5-8,14H2,1H3. The monoisotopic (exact) mass is 203 g/mol. The largest absolute Gasteiger partial charge is 0.496 e. The topological polar surface area (TPSA) is 35.2 Å². The highest BCUT2D eigenvalue weighted by Gasteiger charge is 2.57. The minimum absolute atomic E-state index is 0.429. The second-order valence-electron chi connectivity index (χ2n) is 4.78. The normalized spacial score (nSPS) is 31.7. The van der Waals surface area contributed by atoms with Gasteiger partial charge in [-0.1, -0.05) is 12.1 Å². The summed E-state index contributed by atoms with van der Waals surface area (Å²) in [5.74, 6) is 1.78. The summed E-state index contributed by atoms with van der Waals surface area (Å²) in [5, 5.41) is 0. The first-order valence-electron chi connectivity index (χ1n) is 5.68. The predicted molar refractivity (Wildman–Crippen MR) is 60.2 cm³/mol. The first kappa shape index (κ1) is 9.22. The number of ether oxygens (including phenoxy) is 1. The second-order valence-corrected chi connectivity index (χ2v) is 4.78. The lowest BCUT2D eigenvalue weighted by atomic mass is 9.95. The highest BCUT2D eigenvalue weighted by atomic mass is 16.5. The molecule has 2 nitrogen and oxygen atoms in total. The Hall–Kier alpha value is -1.02. The van der Waals surface area contributed by atoms with E-state index in [1.54, 1.807) is 7.11 Å². The van der Waals surface area contributed by atoms with Gasteiger partial charge in [-0.05, 0) is 48.9 Å². The molecular weight excluding hydrogens is 186 g/mol. The zero-order valence-corrected chi connectivity index (χ0v) is 9.12. The maximum absolute atomic E-state index is 5.78. The van der Waals surface area contributed by atoms with E-state index >= 15 is 0 Å². The van der Waals surface area contributed by atoms with Gasteiger partial charge in [0.2, 0.25) is 0 Å². The van der Waals surface area contributed by atoms with Crippen LogP contribution in [0.3, 0.4) is 0 Å². The van der Waals surface area contributed by atoms with E-state index in [1.807, 2.05) is 0 Å². The van der Waals surface area contributed by atoms with Gasteiger partial charge >= 0.3 is 0 Å². The van der Waals surface area contributed by atoms with Gasteiger partial charge in [0.1, 0.15) is 5.75 Å². The van der Waals surface area contributed by atoms with E-state index in [9.17, 15) is 0 Å². The molecule has 2 aliphatic rings. The number of methoxy groups -OCH3 is 1. The Kier molecular flexibility index (Phi) is 1.84. The molecule has 2 heteroatoms. The van der Waals surface area contributed by atoms with Crippen molar-refractivity contribution in [2.75, 3.05) is 13.7 Å². The summed E-state index contributed by atoms with van der Waals surface area (Å²) in [7, 11) is 1.76. The molecule has 0 saturated heterocycles. The van der Waals surface area contributed by atoms with Gasteiger partial charge in [0.15, 0.2) is 0 Å². The Morgan fingerprint density at radius 2 is 2.40 bits per heavy atom. The van der Waals surface area contributed by atoms with Crippen molar-refractivity contribution >= 4 is 0 Å². The average Bonchev–Trinajstić information content (AvgIpc) is 2.88. The van der Waals surface area contributed by atoms with Crippen LogP contribution in [0.25, 0.3) is 0 Å². The molecule has 2 atom stereocenters. The van der Waals surface area contributed by atoms with E-state index in [2.05, 4.69) is 18.2 Å². The highest BCUT2D eigenvalue weighted by Crippen LogP contribution is 2.61. The van der Waals surface area contributed by atoms with Crippen LogP contribution in [0.1, 0.15) is 24.0 Å². The Labute approximate surface area is 90.4 Å². The van der Waals surface area contributed by atoms with Crippen molar-refractivity contribution in [3.63, 3.8) is 0 Å². The SMILES string of the molecule is COc1cccc2c1CCC21CC1CN. The fraction of sp³-hybridized carbons (Fsp3) is 0.538. The van der Waals surface area contributed by atoms with Crippen molar-refractivity contribution in [3.8, 4) is 5.75 Å². The van der Waals surface area contributed by atoms with E-state index in [0.717, 1.165) is 18.7 Å². The smallest absolute Gasteiger partial charge is 0.122 e. The minimum Gasteiger partial charge on any atom is -0.496 e. The average molecular weight is 203 g/mol. The minimum atomic E-state index is 0.429. The molecule has 0 radical (unpaired) electrons. The van der Waals surface area contributed by atoms with Crippen LogP contribution < -0.4 is 10.5 Å². The number of hydrogen-bond donors (Lipinski definition) is 1. The molecule has 0 bridgehead atoms. The Morgan fingerprint density at radius 3 is 3.07 bits per heavy atom. The Morgan fingerprint density at radius 1 is 1.53 bits per heavy atom. The van der Waals surface area contributed by atoms with Crippen LogP contribution in [0.15, 0.2) is 18.2 Å². The van der Waals surface area contributed by atoms with E-state index in [0.29, 0.717) is 11.3 Å². The Bertz CT molecular complexity index is 402. The maximum Gasteiger partial charge on any atom is 0.122 e. The lowest BCUT2D eigenvalue weighted by molar-refractivity contribution is 0.410. The lowest BCUT2D eigenvalue weighted by Crippen LogP contribution is -2.12.